The summed E-state index contributed by atoms with van der Waals surface area (Å²) >= 11 is 5.98. The van der Waals surface area contributed by atoms with Gasteiger partial charge in [-0.15, -0.1) is 0 Å². The van der Waals surface area contributed by atoms with E-state index in [0.717, 1.165) is 18.8 Å². The molecule has 2 aromatic carbocycles. The SMILES string of the molecule is O=C1NN(c2cccc(C(=O)N3CCN(c4ccc(Cl)cc4)CC3)c2)C(=O)C2CC=CCC12. The molecule has 170 valence electrons. The molecule has 0 aromatic heterocycles. The summed E-state index contributed by atoms with van der Waals surface area (Å²) in [6.07, 6.45) is 5.05. The topological polar surface area (TPSA) is 73.0 Å². The van der Waals surface area contributed by atoms with Crippen LogP contribution in [0, 0.1) is 11.8 Å². The first kappa shape index (κ1) is 21.5. The predicted octanol–water partition coefficient (Wildman–Crippen LogP) is 3.26. The number of carbonyl (C=O) groups is 3. The van der Waals surface area contributed by atoms with Crippen molar-refractivity contribution < 1.29 is 14.4 Å². The van der Waals surface area contributed by atoms with Crippen molar-refractivity contribution in [2.24, 2.45) is 11.8 Å². The summed E-state index contributed by atoms with van der Waals surface area (Å²) in [4.78, 5) is 42.9. The van der Waals surface area contributed by atoms with Crippen LogP contribution >= 0.6 is 11.6 Å². The molecule has 7 nitrogen and oxygen atoms in total. The van der Waals surface area contributed by atoms with Crippen molar-refractivity contribution in [2.75, 3.05) is 36.1 Å². The van der Waals surface area contributed by atoms with E-state index >= 15 is 0 Å². The number of nitrogens with one attached hydrogen (secondary N) is 1. The minimum absolute atomic E-state index is 0.0816. The van der Waals surface area contributed by atoms with Gasteiger partial charge < -0.3 is 9.80 Å². The molecular formula is C25H25ClN4O3. The van der Waals surface area contributed by atoms with Gasteiger partial charge in [0.2, 0.25) is 11.8 Å². The van der Waals surface area contributed by atoms with Gasteiger partial charge in [-0.05, 0) is 55.3 Å². The van der Waals surface area contributed by atoms with Crippen molar-refractivity contribution in [3.8, 4) is 0 Å². The molecule has 33 heavy (non-hydrogen) atoms. The van der Waals surface area contributed by atoms with E-state index in [9.17, 15) is 14.4 Å². The van der Waals surface area contributed by atoms with Gasteiger partial charge in [0.1, 0.15) is 0 Å². The number of nitrogens with zero attached hydrogens (tertiary/aromatic N) is 3. The molecule has 2 unspecified atom stereocenters. The van der Waals surface area contributed by atoms with Gasteiger partial charge in [-0.3, -0.25) is 19.8 Å². The van der Waals surface area contributed by atoms with Gasteiger partial charge >= 0.3 is 0 Å². The Kier molecular flexibility index (Phi) is 5.81. The highest BCUT2D eigenvalue weighted by molar-refractivity contribution is 6.30. The first-order valence-corrected chi connectivity index (χ1v) is 11.6. The maximum Gasteiger partial charge on any atom is 0.254 e. The number of benzene rings is 2. The summed E-state index contributed by atoms with van der Waals surface area (Å²) in [6.45, 7) is 2.65. The van der Waals surface area contributed by atoms with Crippen molar-refractivity contribution >= 4 is 40.7 Å². The lowest BCUT2D eigenvalue weighted by Crippen LogP contribution is -2.59. The van der Waals surface area contributed by atoms with Gasteiger partial charge in [-0.1, -0.05) is 29.8 Å². The van der Waals surface area contributed by atoms with Crippen LogP contribution in [0.5, 0.6) is 0 Å². The fourth-order valence-corrected chi connectivity index (χ4v) is 4.89. The number of halogens is 1. The molecule has 0 saturated carbocycles. The Morgan fingerprint density at radius 1 is 0.879 bits per heavy atom. The number of hydrazine groups is 1. The van der Waals surface area contributed by atoms with Crippen LogP contribution in [-0.4, -0.2) is 48.8 Å². The van der Waals surface area contributed by atoms with E-state index in [1.165, 1.54) is 5.01 Å². The van der Waals surface area contributed by atoms with Crippen LogP contribution in [0.2, 0.25) is 5.02 Å². The van der Waals surface area contributed by atoms with Crippen molar-refractivity contribution in [1.29, 1.82) is 0 Å². The molecule has 0 bridgehead atoms. The summed E-state index contributed by atoms with van der Waals surface area (Å²) in [7, 11) is 0. The third-order valence-electron chi connectivity index (χ3n) is 6.64. The van der Waals surface area contributed by atoms with Crippen molar-refractivity contribution in [2.45, 2.75) is 12.8 Å². The molecular weight excluding hydrogens is 440 g/mol. The Hall–Kier alpha value is -3.32. The largest absolute Gasteiger partial charge is 0.368 e. The molecule has 0 spiro atoms. The molecule has 2 fully saturated rings. The van der Waals surface area contributed by atoms with Crippen LogP contribution in [0.3, 0.4) is 0 Å². The highest BCUT2D eigenvalue weighted by atomic mass is 35.5. The maximum absolute atomic E-state index is 13.2. The van der Waals surface area contributed by atoms with E-state index in [2.05, 4.69) is 10.3 Å². The summed E-state index contributed by atoms with van der Waals surface area (Å²) in [5, 5.41) is 2.00. The maximum atomic E-state index is 13.2. The lowest BCUT2D eigenvalue weighted by atomic mass is 9.80. The fraction of sp³-hybridized carbons (Fsp3) is 0.320. The number of rotatable bonds is 3. The molecule has 2 aromatic rings. The van der Waals surface area contributed by atoms with Crippen LogP contribution in [0.25, 0.3) is 0 Å². The van der Waals surface area contributed by atoms with Crippen molar-refractivity contribution in [1.82, 2.24) is 10.3 Å². The Labute approximate surface area is 197 Å². The Morgan fingerprint density at radius 3 is 2.30 bits per heavy atom. The lowest BCUT2D eigenvalue weighted by molar-refractivity contribution is -0.139. The fourth-order valence-electron chi connectivity index (χ4n) is 4.76. The summed E-state index contributed by atoms with van der Waals surface area (Å²) in [6, 6.07) is 14.6. The van der Waals surface area contributed by atoms with Crippen LogP contribution in [0.1, 0.15) is 23.2 Å². The molecule has 2 heterocycles. The number of anilines is 2. The van der Waals surface area contributed by atoms with Crippen LogP contribution < -0.4 is 15.3 Å². The molecule has 3 aliphatic rings. The van der Waals surface area contributed by atoms with E-state index in [1.807, 2.05) is 41.3 Å². The number of fused-ring (bicyclic) bond motifs is 1. The zero-order valence-corrected chi connectivity index (χ0v) is 18.9. The smallest absolute Gasteiger partial charge is 0.254 e. The molecule has 8 heteroatoms. The Morgan fingerprint density at radius 2 is 1.58 bits per heavy atom. The quantitative estimate of drug-likeness (QED) is 0.708. The van der Waals surface area contributed by atoms with Gasteiger partial charge in [0.15, 0.2) is 0 Å². The highest BCUT2D eigenvalue weighted by Gasteiger charge is 2.42. The van der Waals surface area contributed by atoms with E-state index in [4.69, 9.17) is 11.6 Å². The third kappa shape index (κ3) is 4.20. The zero-order chi connectivity index (χ0) is 22.9. The number of allylic oxidation sites excluding steroid dienone is 2. The average molecular weight is 465 g/mol. The minimum atomic E-state index is -0.357. The van der Waals surface area contributed by atoms with Crippen molar-refractivity contribution in [3.63, 3.8) is 0 Å². The minimum Gasteiger partial charge on any atom is -0.368 e. The average Bonchev–Trinajstić information content (AvgIpc) is 2.86. The van der Waals surface area contributed by atoms with Gasteiger partial charge in [0.25, 0.3) is 5.91 Å². The van der Waals surface area contributed by atoms with Gasteiger partial charge in [-0.25, -0.2) is 5.01 Å². The molecule has 1 N–H and O–H groups in total. The molecule has 2 aliphatic heterocycles. The van der Waals surface area contributed by atoms with E-state index in [1.54, 1.807) is 24.3 Å². The number of hydrogen-bond acceptors (Lipinski definition) is 4. The standard InChI is InChI=1S/C25H25ClN4O3/c26-18-8-10-19(11-9-18)28-12-14-29(15-13-28)24(32)17-4-3-5-20(16-17)30-25(33)22-7-2-1-6-21(22)23(31)27-30/h1-5,8-11,16,21-22H,6-7,12-15H2,(H,27,31). The molecule has 5 rings (SSSR count). The predicted molar refractivity (Wildman–Crippen MR) is 127 cm³/mol. The Balaban J connectivity index is 1.28. The van der Waals surface area contributed by atoms with Gasteiger partial charge in [0.05, 0.1) is 17.5 Å². The molecule has 1 aliphatic carbocycles. The van der Waals surface area contributed by atoms with E-state index in [-0.39, 0.29) is 29.6 Å². The summed E-state index contributed by atoms with van der Waals surface area (Å²) in [5.74, 6) is -1.05. The molecule has 0 radical (unpaired) electrons. The summed E-state index contributed by atoms with van der Waals surface area (Å²) < 4.78 is 0. The second-order valence-corrected chi connectivity index (χ2v) is 9.05. The van der Waals surface area contributed by atoms with E-state index < -0.39 is 0 Å². The number of hydrogen-bond donors (Lipinski definition) is 1. The number of carbonyl (C=O) groups excluding carboxylic acids is 3. The van der Waals surface area contributed by atoms with Crippen LogP contribution in [0.4, 0.5) is 11.4 Å². The van der Waals surface area contributed by atoms with E-state index in [0.29, 0.717) is 42.2 Å². The first-order valence-electron chi connectivity index (χ1n) is 11.2. The number of amides is 3. The van der Waals surface area contributed by atoms with Gasteiger partial charge in [0, 0.05) is 42.5 Å². The van der Waals surface area contributed by atoms with Crippen LogP contribution in [0.15, 0.2) is 60.7 Å². The number of piperazine rings is 1. The van der Waals surface area contributed by atoms with Crippen molar-refractivity contribution in [3.05, 3.63) is 71.3 Å². The monoisotopic (exact) mass is 464 g/mol. The highest BCUT2D eigenvalue weighted by Crippen LogP contribution is 2.32. The summed E-state index contributed by atoms with van der Waals surface area (Å²) in [5.41, 5.74) is 4.82. The second kappa shape index (κ2) is 8.90. The zero-order valence-electron chi connectivity index (χ0n) is 18.1. The normalized spacial score (nSPS) is 22.8. The third-order valence-corrected chi connectivity index (χ3v) is 6.89. The molecule has 2 atom stereocenters. The first-order chi connectivity index (χ1) is 16.0. The lowest BCUT2D eigenvalue weighted by Gasteiger charge is -2.38. The second-order valence-electron chi connectivity index (χ2n) is 8.61. The Bertz CT molecular complexity index is 1110. The van der Waals surface area contributed by atoms with Gasteiger partial charge in [-0.2, -0.15) is 0 Å². The molecule has 3 amide bonds. The van der Waals surface area contributed by atoms with Crippen LogP contribution in [-0.2, 0) is 9.59 Å². The molecule has 2 saturated heterocycles.